The van der Waals surface area contributed by atoms with Gasteiger partial charge in [-0.15, -0.1) is 0 Å². The van der Waals surface area contributed by atoms with Gasteiger partial charge in [0, 0.05) is 12.1 Å². The number of benzene rings is 2. The molecule has 0 amide bonds. The molecule has 6 nitrogen and oxygen atoms in total. The molecule has 0 bridgehead atoms. The van der Waals surface area contributed by atoms with Gasteiger partial charge in [0.15, 0.2) is 0 Å². The number of nitrogens with one attached hydrogen (secondary N) is 2. The third-order valence-corrected chi connectivity index (χ3v) is 8.81. The van der Waals surface area contributed by atoms with Crippen LogP contribution in [0.2, 0.25) is 0 Å². The maximum Gasteiger partial charge on any atom is 0.241 e. The summed E-state index contributed by atoms with van der Waals surface area (Å²) in [6.07, 6.45) is 6.37. The van der Waals surface area contributed by atoms with Gasteiger partial charge in [-0.2, -0.15) is 0 Å². The SMILES string of the molecule is O=S(=O)(NC1CCCC1)c1ccc(S(=O)(=O)N[C@H]2CCCc3ccccc32)cc1. The van der Waals surface area contributed by atoms with Gasteiger partial charge in [-0.25, -0.2) is 26.3 Å². The van der Waals surface area contributed by atoms with Gasteiger partial charge in [-0.05, 0) is 67.5 Å². The molecule has 2 aromatic rings. The molecule has 0 unspecified atom stereocenters. The predicted molar refractivity (Wildman–Crippen MR) is 111 cm³/mol. The summed E-state index contributed by atoms with van der Waals surface area (Å²) in [7, 11) is -7.39. The minimum Gasteiger partial charge on any atom is -0.208 e. The van der Waals surface area contributed by atoms with E-state index in [0.717, 1.165) is 50.5 Å². The lowest BCUT2D eigenvalue weighted by molar-refractivity contribution is 0.507. The van der Waals surface area contributed by atoms with Gasteiger partial charge < -0.3 is 0 Å². The average Bonchev–Trinajstić information content (AvgIpc) is 3.20. The Bertz CT molecular complexity index is 1070. The molecule has 2 N–H and O–H groups in total. The molecular weight excluding hydrogens is 408 g/mol. The normalized spacial score (nSPS) is 20.5. The molecule has 1 fully saturated rings. The lowest BCUT2D eigenvalue weighted by Gasteiger charge is -2.26. The minimum atomic E-state index is -3.75. The largest absolute Gasteiger partial charge is 0.241 e. The van der Waals surface area contributed by atoms with Crippen LogP contribution < -0.4 is 9.44 Å². The van der Waals surface area contributed by atoms with E-state index in [0.29, 0.717) is 0 Å². The van der Waals surface area contributed by atoms with Crippen molar-refractivity contribution in [2.45, 2.75) is 66.8 Å². The van der Waals surface area contributed by atoms with Gasteiger partial charge in [0.25, 0.3) is 0 Å². The van der Waals surface area contributed by atoms with Crippen molar-refractivity contribution in [3.63, 3.8) is 0 Å². The number of aryl methyl sites for hydroxylation is 1. The Kier molecular flexibility index (Phi) is 5.79. The van der Waals surface area contributed by atoms with E-state index in [1.807, 2.05) is 24.3 Å². The Hall–Kier alpha value is -1.74. The molecule has 2 aliphatic carbocycles. The van der Waals surface area contributed by atoms with E-state index in [2.05, 4.69) is 9.44 Å². The monoisotopic (exact) mass is 434 g/mol. The second-order valence-electron chi connectivity index (χ2n) is 7.84. The number of hydrogen-bond donors (Lipinski definition) is 2. The molecule has 29 heavy (non-hydrogen) atoms. The third-order valence-electron chi connectivity index (χ3n) is 5.79. The number of fused-ring (bicyclic) bond motifs is 1. The zero-order chi connectivity index (χ0) is 20.5. The van der Waals surface area contributed by atoms with E-state index in [-0.39, 0.29) is 21.9 Å². The smallest absolute Gasteiger partial charge is 0.208 e. The van der Waals surface area contributed by atoms with Crippen LogP contribution in [0.1, 0.15) is 55.7 Å². The average molecular weight is 435 g/mol. The van der Waals surface area contributed by atoms with Gasteiger partial charge >= 0.3 is 0 Å². The lowest BCUT2D eigenvalue weighted by Crippen LogP contribution is -2.33. The second-order valence-corrected chi connectivity index (χ2v) is 11.3. The molecule has 2 aliphatic rings. The number of hydrogen-bond acceptors (Lipinski definition) is 4. The number of sulfonamides is 2. The summed E-state index contributed by atoms with van der Waals surface area (Å²) in [5.41, 5.74) is 2.19. The Morgan fingerprint density at radius 2 is 1.28 bits per heavy atom. The molecule has 0 spiro atoms. The third kappa shape index (κ3) is 4.55. The van der Waals surface area contributed by atoms with Crippen molar-refractivity contribution in [3.8, 4) is 0 Å². The molecule has 8 heteroatoms. The standard InChI is InChI=1S/C21H26N2O4S2/c24-28(25,22-17-8-2-3-9-17)18-12-14-19(15-13-18)29(26,27)23-21-11-5-7-16-6-1-4-10-20(16)21/h1,4,6,10,12-15,17,21-23H,2-3,5,7-9,11H2/t21-/m0/s1. The summed E-state index contributed by atoms with van der Waals surface area (Å²) < 4.78 is 56.3. The van der Waals surface area contributed by atoms with Crippen LogP contribution in [0, 0.1) is 0 Å². The minimum absolute atomic E-state index is 0.0311. The zero-order valence-electron chi connectivity index (χ0n) is 16.2. The molecule has 0 aromatic heterocycles. The first-order valence-corrected chi connectivity index (χ1v) is 13.0. The van der Waals surface area contributed by atoms with Crippen molar-refractivity contribution in [1.29, 1.82) is 0 Å². The fraction of sp³-hybridized carbons (Fsp3) is 0.429. The number of rotatable bonds is 6. The summed E-state index contributed by atoms with van der Waals surface area (Å²) in [6, 6.07) is 13.0. The van der Waals surface area contributed by atoms with Crippen LogP contribution in [-0.4, -0.2) is 22.9 Å². The quantitative estimate of drug-likeness (QED) is 0.730. The summed E-state index contributed by atoms with van der Waals surface area (Å²) >= 11 is 0. The predicted octanol–water partition coefficient (Wildman–Crippen LogP) is 3.26. The molecule has 2 aromatic carbocycles. The van der Waals surface area contributed by atoms with Gasteiger partial charge in [-0.3, -0.25) is 0 Å². The first kappa shape index (κ1) is 20.5. The van der Waals surface area contributed by atoms with Gasteiger partial charge in [-0.1, -0.05) is 37.1 Å². The van der Waals surface area contributed by atoms with Crippen LogP contribution in [0.3, 0.4) is 0 Å². The highest BCUT2D eigenvalue weighted by Gasteiger charge is 2.27. The molecule has 0 heterocycles. The van der Waals surface area contributed by atoms with Crippen LogP contribution in [0.5, 0.6) is 0 Å². The second kappa shape index (κ2) is 8.18. The molecule has 0 aliphatic heterocycles. The first-order valence-electron chi connectivity index (χ1n) is 10.1. The maximum absolute atomic E-state index is 12.9. The summed E-state index contributed by atoms with van der Waals surface area (Å²) in [5.74, 6) is 0. The molecule has 1 atom stereocenters. The van der Waals surface area contributed by atoms with Crippen LogP contribution in [-0.2, 0) is 26.5 Å². The Balaban J connectivity index is 1.51. The summed E-state index contributed by atoms with van der Waals surface area (Å²) in [5, 5.41) is 0. The Morgan fingerprint density at radius 3 is 1.93 bits per heavy atom. The molecule has 4 rings (SSSR count). The van der Waals surface area contributed by atoms with E-state index in [1.165, 1.54) is 29.8 Å². The van der Waals surface area contributed by atoms with Crippen molar-refractivity contribution in [3.05, 3.63) is 59.7 Å². The molecule has 0 saturated heterocycles. The first-order chi connectivity index (χ1) is 13.9. The van der Waals surface area contributed by atoms with E-state index >= 15 is 0 Å². The highest BCUT2D eigenvalue weighted by Crippen LogP contribution is 2.31. The van der Waals surface area contributed by atoms with Crippen molar-refractivity contribution in [2.24, 2.45) is 0 Å². The van der Waals surface area contributed by atoms with E-state index in [4.69, 9.17) is 0 Å². The maximum atomic E-state index is 12.9. The van der Waals surface area contributed by atoms with Crippen LogP contribution >= 0.6 is 0 Å². The van der Waals surface area contributed by atoms with Crippen LogP contribution in [0.15, 0.2) is 58.3 Å². The van der Waals surface area contributed by atoms with Crippen molar-refractivity contribution < 1.29 is 16.8 Å². The van der Waals surface area contributed by atoms with Gasteiger partial charge in [0.1, 0.15) is 0 Å². The fourth-order valence-electron chi connectivity index (χ4n) is 4.26. The van der Waals surface area contributed by atoms with E-state index < -0.39 is 20.0 Å². The van der Waals surface area contributed by atoms with Gasteiger partial charge in [0.05, 0.1) is 9.79 Å². The van der Waals surface area contributed by atoms with Crippen molar-refractivity contribution in [1.82, 2.24) is 9.44 Å². The Morgan fingerprint density at radius 1 is 0.690 bits per heavy atom. The van der Waals surface area contributed by atoms with Gasteiger partial charge in [0.2, 0.25) is 20.0 Å². The van der Waals surface area contributed by atoms with Crippen LogP contribution in [0.25, 0.3) is 0 Å². The Labute approximate surface area is 172 Å². The molecule has 0 radical (unpaired) electrons. The lowest BCUT2D eigenvalue weighted by atomic mass is 9.88. The highest BCUT2D eigenvalue weighted by molar-refractivity contribution is 7.90. The van der Waals surface area contributed by atoms with Crippen LogP contribution in [0.4, 0.5) is 0 Å². The van der Waals surface area contributed by atoms with Crippen molar-refractivity contribution in [2.75, 3.05) is 0 Å². The highest BCUT2D eigenvalue weighted by atomic mass is 32.2. The zero-order valence-corrected chi connectivity index (χ0v) is 17.8. The topological polar surface area (TPSA) is 92.3 Å². The fourth-order valence-corrected chi connectivity index (χ4v) is 6.82. The summed E-state index contributed by atoms with van der Waals surface area (Å²) in [6.45, 7) is 0. The molecule has 156 valence electrons. The molecule has 1 saturated carbocycles. The van der Waals surface area contributed by atoms with Crippen molar-refractivity contribution >= 4 is 20.0 Å². The molecular formula is C21H26N2O4S2. The van der Waals surface area contributed by atoms with E-state index in [1.54, 1.807) is 0 Å². The van der Waals surface area contributed by atoms with E-state index in [9.17, 15) is 16.8 Å². The summed E-state index contributed by atoms with van der Waals surface area (Å²) in [4.78, 5) is 0.159.